The van der Waals surface area contributed by atoms with Crippen molar-refractivity contribution in [1.82, 2.24) is 0 Å². The first-order chi connectivity index (χ1) is 22.7. The molecular formula is C37H27Cl2NO7. The number of amides is 2. The Morgan fingerprint density at radius 2 is 1.49 bits per heavy atom. The molecule has 1 heterocycles. The minimum Gasteiger partial charge on any atom is -0.454 e. The van der Waals surface area contributed by atoms with Crippen LogP contribution >= 0.6 is 23.2 Å². The van der Waals surface area contributed by atoms with Gasteiger partial charge < -0.3 is 9.47 Å². The predicted molar refractivity (Wildman–Crippen MR) is 174 cm³/mol. The van der Waals surface area contributed by atoms with Crippen molar-refractivity contribution in [1.29, 1.82) is 0 Å². The van der Waals surface area contributed by atoms with E-state index in [0.29, 0.717) is 10.7 Å². The van der Waals surface area contributed by atoms with E-state index in [2.05, 4.69) is 12.1 Å². The largest absolute Gasteiger partial charge is 0.454 e. The molecule has 3 fully saturated rings. The van der Waals surface area contributed by atoms with Gasteiger partial charge in [0.05, 0.1) is 33.7 Å². The molecule has 2 aliphatic carbocycles. The van der Waals surface area contributed by atoms with Crippen molar-refractivity contribution >= 4 is 58.4 Å². The van der Waals surface area contributed by atoms with Crippen LogP contribution in [0.1, 0.15) is 55.4 Å². The Balaban J connectivity index is 0.977. The number of carbonyl (C=O) groups is 5. The van der Waals surface area contributed by atoms with Crippen LogP contribution in [0.4, 0.5) is 5.69 Å². The van der Waals surface area contributed by atoms with Gasteiger partial charge in [-0.15, -0.1) is 0 Å². The Labute approximate surface area is 280 Å². The molecule has 2 amide bonds. The highest BCUT2D eigenvalue weighted by Gasteiger charge is 2.64. The highest BCUT2D eigenvalue weighted by atomic mass is 35.5. The summed E-state index contributed by atoms with van der Waals surface area (Å²) in [6.45, 7) is -0.543. The number of ketones is 1. The fraction of sp³-hybridized carbons (Fsp3) is 0.216. The van der Waals surface area contributed by atoms with Crippen LogP contribution in [-0.4, -0.2) is 36.1 Å². The number of imide groups is 1. The molecule has 1 aliphatic heterocycles. The number of rotatable bonds is 8. The first-order valence-electron chi connectivity index (χ1n) is 15.2. The molecule has 7 rings (SSSR count). The molecule has 2 bridgehead atoms. The fourth-order valence-corrected chi connectivity index (χ4v) is 7.88. The number of Topliss-reactive ketones (excluding diaryl/α,β-unsaturated/α-hetero) is 1. The van der Waals surface area contributed by atoms with Crippen LogP contribution in [-0.2, 0) is 14.3 Å². The van der Waals surface area contributed by atoms with E-state index in [9.17, 15) is 24.0 Å². The van der Waals surface area contributed by atoms with Gasteiger partial charge in [0.1, 0.15) is 5.75 Å². The van der Waals surface area contributed by atoms with Gasteiger partial charge in [-0.1, -0.05) is 59.6 Å². The summed E-state index contributed by atoms with van der Waals surface area (Å²) in [5.41, 5.74) is 2.00. The number of fused-ring (bicyclic) bond motifs is 5. The molecule has 0 aromatic heterocycles. The van der Waals surface area contributed by atoms with Gasteiger partial charge in [-0.25, -0.2) is 9.59 Å². The molecule has 3 aliphatic rings. The van der Waals surface area contributed by atoms with Crippen molar-refractivity contribution in [3.8, 4) is 5.75 Å². The summed E-state index contributed by atoms with van der Waals surface area (Å²) in [6.07, 6.45) is 1.75. The zero-order valence-corrected chi connectivity index (χ0v) is 26.3. The summed E-state index contributed by atoms with van der Waals surface area (Å²) in [5, 5.41) is 0.525. The zero-order chi connectivity index (χ0) is 32.8. The number of anilines is 1. The van der Waals surface area contributed by atoms with E-state index in [1.807, 2.05) is 18.2 Å². The number of nitrogens with zero attached hydrogens (tertiary/aromatic N) is 1. The molecular weight excluding hydrogens is 641 g/mol. The zero-order valence-electron chi connectivity index (χ0n) is 24.8. The van der Waals surface area contributed by atoms with Crippen molar-refractivity contribution < 1.29 is 33.4 Å². The van der Waals surface area contributed by atoms with Crippen molar-refractivity contribution in [3.05, 3.63) is 129 Å². The number of halogens is 2. The second kappa shape index (κ2) is 12.4. The normalized spacial score (nSPS) is 22.7. The lowest BCUT2D eigenvalue weighted by Gasteiger charge is -2.28. The molecule has 47 heavy (non-hydrogen) atoms. The van der Waals surface area contributed by atoms with Crippen LogP contribution in [0.15, 0.2) is 97.1 Å². The minimum absolute atomic E-state index is 0.108. The summed E-state index contributed by atoms with van der Waals surface area (Å²) in [4.78, 5) is 66.7. The quantitative estimate of drug-likeness (QED) is 0.0848. The van der Waals surface area contributed by atoms with Crippen molar-refractivity contribution in [2.75, 3.05) is 11.5 Å². The van der Waals surface area contributed by atoms with Crippen LogP contribution in [0.2, 0.25) is 10.0 Å². The SMILES string of the molecule is O=C(COC(=O)c1cccc(N2C(=O)[C@@H]3[C@@H]4C[C@@H]([C@@H]3C2=O)[C@H](c2ccccc2)C4)c1)c1ccc(OC(=O)c2ccc(Cl)cc2Cl)cc1. The van der Waals surface area contributed by atoms with E-state index in [4.69, 9.17) is 32.7 Å². The standard InChI is InChI=1S/C37H27Cl2NO7/c38-24-11-14-27(30(39)18-24)37(45)47-26-12-9-21(10-13-26)31(41)19-46-36(44)22-7-4-8-25(15-22)40-34(42)32-23-16-28(20-5-2-1-3-6-20)29(17-23)33(32)35(40)43/h1-15,18,23,28-29,32-33H,16-17,19H2/t23-,28-,29+,32+,33-/m0/s1. The smallest absolute Gasteiger partial charge is 0.345 e. The third kappa shape index (κ3) is 5.72. The van der Waals surface area contributed by atoms with Crippen LogP contribution in [0.25, 0.3) is 0 Å². The Morgan fingerprint density at radius 1 is 0.745 bits per heavy atom. The molecule has 2 saturated carbocycles. The molecule has 8 nitrogen and oxygen atoms in total. The Bertz CT molecular complexity index is 1930. The van der Waals surface area contributed by atoms with Crippen LogP contribution in [0, 0.1) is 23.7 Å². The number of ether oxygens (including phenoxy) is 2. The molecule has 0 spiro atoms. The number of carbonyl (C=O) groups excluding carboxylic acids is 5. The van der Waals surface area contributed by atoms with Crippen LogP contribution in [0.5, 0.6) is 5.75 Å². The summed E-state index contributed by atoms with van der Waals surface area (Å²) >= 11 is 11.9. The topological polar surface area (TPSA) is 107 Å². The van der Waals surface area contributed by atoms with Gasteiger partial charge in [0.2, 0.25) is 11.8 Å². The Morgan fingerprint density at radius 3 is 2.23 bits per heavy atom. The maximum atomic E-state index is 13.7. The molecule has 0 unspecified atom stereocenters. The number of hydrogen-bond donors (Lipinski definition) is 0. The third-order valence-electron chi connectivity index (χ3n) is 9.46. The Kier molecular flexibility index (Phi) is 8.16. The average Bonchev–Trinajstić information content (AvgIpc) is 3.75. The fourth-order valence-electron chi connectivity index (χ4n) is 7.39. The molecule has 10 heteroatoms. The van der Waals surface area contributed by atoms with E-state index in [1.54, 1.807) is 12.1 Å². The van der Waals surface area contributed by atoms with E-state index >= 15 is 0 Å². The lowest BCUT2D eigenvalue weighted by molar-refractivity contribution is -0.123. The maximum absolute atomic E-state index is 13.7. The summed E-state index contributed by atoms with van der Waals surface area (Å²) < 4.78 is 10.6. The molecule has 0 radical (unpaired) electrons. The molecule has 1 saturated heterocycles. The second-order valence-electron chi connectivity index (χ2n) is 12.1. The summed E-state index contributed by atoms with van der Waals surface area (Å²) in [7, 11) is 0. The summed E-state index contributed by atoms with van der Waals surface area (Å²) in [5.74, 6) is -2.40. The van der Waals surface area contributed by atoms with Gasteiger partial charge in [-0.2, -0.15) is 0 Å². The van der Waals surface area contributed by atoms with Crippen molar-refractivity contribution in [2.45, 2.75) is 18.8 Å². The van der Waals surface area contributed by atoms with E-state index in [-0.39, 0.29) is 68.9 Å². The van der Waals surface area contributed by atoms with Gasteiger partial charge >= 0.3 is 11.9 Å². The molecule has 4 aromatic carbocycles. The van der Waals surface area contributed by atoms with Gasteiger partial charge in [-0.05, 0) is 96.8 Å². The van der Waals surface area contributed by atoms with Crippen molar-refractivity contribution in [2.24, 2.45) is 23.7 Å². The van der Waals surface area contributed by atoms with Gasteiger partial charge in [0.15, 0.2) is 12.4 Å². The summed E-state index contributed by atoms with van der Waals surface area (Å²) in [6, 6.07) is 26.5. The monoisotopic (exact) mass is 667 g/mol. The average molecular weight is 669 g/mol. The predicted octanol–water partition coefficient (Wildman–Crippen LogP) is 7.18. The highest BCUT2D eigenvalue weighted by Crippen LogP contribution is 2.61. The van der Waals surface area contributed by atoms with Crippen molar-refractivity contribution in [3.63, 3.8) is 0 Å². The first kappa shape index (κ1) is 30.8. The third-order valence-corrected chi connectivity index (χ3v) is 10.0. The number of benzene rings is 4. The van der Waals surface area contributed by atoms with Crippen LogP contribution in [0.3, 0.4) is 0 Å². The van der Waals surface area contributed by atoms with Gasteiger partial charge in [0.25, 0.3) is 0 Å². The van der Waals surface area contributed by atoms with E-state index in [1.165, 1.54) is 65.1 Å². The molecule has 5 atom stereocenters. The number of esters is 2. The molecule has 236 valence electrons. The highest BCUT2D eigenvalue weighted by molar-refractivity contribution is 6.36. The van der Waals surface area contributed by atoms with E-state index in [0.717, 1.165) is 12.8 Å². The lowest BCUT2D eigenvalue weighted by Crippen LogP contribution is -2.33. The van der Waals surface area contributed by atoms with E-state index < -0.39 is 24.3 Å². The lowest BCUT2D eigenvalue weighted by atomic mass is 9.73. The van der Waals surface area contributed by atoms with Gasteiger partial charge in [0, 0.05) is 10.6 Å². The second-order valence-corrected chi connectivity index (χ2v) is 12.9. The maximum Gasteiger partial charge on any atom is 0.345 e. The first-order valence-corrected chi connectivity index (χ1v) is 16.0. The molecule has 4 aromatic rings. The minimum atomic E-state index is -0.769. The number of hydrogen-bond acceptors (Lipinski definition) is 7. The van der Waals surface area contributed by atoms with Gasteiger partial charge in [-0.3, -0.25) is 19.3 Å². The van der Waals surface area contributed by atoms with Crippen LogP contribution < -0.4 is 9.64 Å². The Hall–Kier alpha value is -4.79. The molecule has 0 N–H and O–H groups in total.